The summed E-state index contributed by atoms with van der Waals surface area (Å²) in [7, 11) is 0. The average molecular weight is 412 g/mol. The second kappa shape index (κ2) is 7.05. The van der Waals surface area contributed by atoms with Crippen LogP contribution < -0.4 is 16.2 Å². The summed E-state index contributed by atoms with van der Waals surface area (Å²) in [5, 5.41) is 7.72. The number of rotatable bonds is 3. The van der Waals surface area contributed by atoms with Crippen LogP contribution in [0.5, 0.6) is 0 Å². The minimum absolute atomic E-state index is 0.0197. The second-order valence-corrected chi connectivity index (χ2v) is 7.35. The zero-order chi connectivity index (χ0) is 18.1. The highest BCUT2D eigenvalue weighted by Gasteiger charge is 2.34. The summed E-state index contributed by atoms with van der Waals surface area (Å²) in [5.74, 6) is -0.00815. The molecule has 1 saturated heterocycles. The first-order chi connectivity index (χ1) is 12.6. The van der Waals surface area contributed by atoms with Crippen LogP contribution in [0.3, 0.4) is 0 Å². The number of amides is 1. The van der Waals surface area contributed by atoms with Crippen molar-refractivity contribution in [3.05, 3.63) is 75.1 Å². The number of aromatic nitrogens is 1. The molecule has 2 aromatic carbocycles. The van der Waals surface area contributed by atoms with Gasteiger partial charge < -0.3 is 15.6 Å². The molecule has 0 spiro atoms. The molecule has 0 radical (unpaired) electrons. The smallest absolute Gasteiger partial charge is 0.255 e. The normalized spacial score (nSPS) is 19.6. The van der Waals surface area contributed by atoms with Gasteiger partial charge in [-0.15, -0.1) is 0 Å². The molecule has 1 fully saturated rings. The molecule has 1 amide bonds. The van der Waals surface area contributed by atoms with Crippen molar-refractivity contribution in [2.75, 3.05) is 18.4 Å². The summed E-state index contributed by atoms with van der Waals surface area (Å²) in [6, 6.07) is 15.5. The molecule has 0 aliphatic carbocycles. The van der Waals surface area contributed by atoms with E-state index in [9.17, 15) is 9.59 Å². The number of hydrogen-bond donors (Lipinski definition) is 3. The van der Waals surface area contributed by atoms with Crippen LogP contribution in [0.1, 0.15) is 11.5 Å². The van der Waals surface area contributed by atoms with E-state index in [0.717, 1.165) is 11.9 Å². The van der Waals surface area contributed by atoms with Crippen LogP contribution in [0, 0.1) is 5.92 Å². The van der Waals surface area contributed by atoms with E-state index >= 15 is 0 Å². The summed E-state index contributed by atoms with van der Waals surface area (Å²) in [6.07, 6.45) is 1.61. The van der Waals surface area contributed by atoms with Gasteiger partial charge in [0.1, 0.15) is 0 Å². The molecular formula is C20H18BrN3O2. The van der Waals surface area contributed by atoms with E-state index < -0.39 is 0 Å². The number of H-pyrrole nitrogens is 1. The van der Waals surface area contributed by atoms with E-state index in [2.05, 4.69) is 43.7 Å². The van der Waals surface area contributed by atoms with Gasteiger partial charge in [0, 0.05) is 35.1 Å². The topological polar surface area (TPSA) is 74.0 Å². The number of carbonyl (C=O) groups is 1. The Bertz CT molecular complexity index is 1020. The maximum absolute atomic E-state index is 12.9. The van der Waals surface area contributed by atoms with E-state index in [0.29, 0.717) is 22.1 Å². The quantitative estimate of drug-likeness (QED) is 0.619. The Kier molecular flexibility index (Phi) is 4.61. The van der Waals surface area contributed by atoms with Gasteiger partial charge in [0.05, 0.1) is 11.6 Å². The first-order valence-electron chi connectivity index (χ1n) is 8.51. The number of benzene rings is 2. The van der Waals surface area contributed by atoms with Crippen molar-refractivity contribution in [2.24, 2.45) is 5.92 Å². The van der Waals surface area contributed by atoms with Gasteiger partial charge in [-0.25, -0.2) is 0 Å². The van der Waals surface area contributed by atoms with Crippen LogP contribution in [-0.2, 0) is 4.79 Å². The number of halogens is 1. The van der Waals surface area contributed by atoms with Crippen molar-refractivity contribution >= 4 is 38.3 Å². The molecule has 1 aliphatic rings. The fourth-order valence-corrected chi connectivity index (χ4v) is 3.98. The zero-order valence-electron chi connectivity index (χ0n) is 14.0. The van der Waals surface area contributed by atoms with Gasteiger partial charge in [-0.3, -0.25) is 9.59 Å². The maximum atomic E-state index is 12.9. The van der Waals surface area contributed by atoms with Crippen LogP contribution in [0.2, 0.25) is 0 Å². The Balaban J connectivity index is 1.61. The average Bonchev–Trinajstić information content (AvgIpc) is 3.14. The van der Waals surface area contributed by atoms with E-state index in [1.54, 1.807) is 12.3 Å². The van der Waals surface area contributed by atoms with Crippen molar-refractivity contribution in [3.63, 3.8) is 0 Å². The molecule has 3 aromatic rings. The molecule has 132 valence electrons. The largest absolute Gasteiger partial charge is 0.329 e. The van der Waals surface area contributed by atoms with E-state index in [1.807, 2.05) is 30.3 Å². The Morgan fingerprint density at radius 2 is 1.92 bits per heavy atom. The number of hydrogen-bond acceptors (Lipinski definition) is 3. The summed E-state index contributed by atoms with van der Waals surface area (Å²) < 4.78 is 0.692. The summed E-state index contributed by atoms with van der Waals surface area (Å²) >= 11 is 3.47. The number of fused-ring (bicyclic) bond motifs is 1. The Hall–Kier alpha value is -2.44. The molecule has 2 atom stereocenters. The molecule has 5 nitrogen and oxygen atoms in total. The minimum atomic E-state index is -0.148. The van der Waals surface area contributed by atoms with Gasteiger partial charge in [0.15, 0.2) is 0 Å². The Labute approximate surface area is 158 Å². The highest BCUT2D eigenvalue weighted by molar-refractivity contribution is 9.10. The predicted molar refractivity (Wildman–Crippen MR) is 106 cm³/mol. The van der Waals surface area contributed by atoms with Crippen molar-refractivity contribution < 1.29 is 4.79 Å². The molecule has 2 heterocycles. The number of anilines is 1. The number of aromatic amines is 1. The van der Waals surface area contributed by atoms with E-state index in [1.165, 1.54) is 5.56 Å². The standard InChI is InChI=1S/C20H18BrN3O2/c21-17-9-14-13(6-7-23-19(14)25)8-18(17)24-20(26)16-11-22-10-15(16)12-4-2-1-3-5-12/h1-9,15-16,22H,10-11H2,(H,23,25)(H,24,26). The predicted octanol–water partition coefficient (Wildman–Crippen LogP) is 3.23. The van der Waals surface area contributed by atoms with Gasteiger partial charge in [-0.2, -0.15) is 0 Å². The number of pyridine rings is 1. The lowest BCUT2D eigenvalue weighted by molar-refractivity contribution is -0.119. The molecule has 0 bridgehead atoms. The fraction of sp³-hybridized carbons (Fsp3) is 0.200. The van der Waals surface area contributed by atoms with Crippen LogP contribution in [0.15, 0.2) is 64.0 Å². The Morgan fingerprint density at radius 3 is 2.73 bits per heavy atom. The zero-order valence-corrected chi connectivity index (χ0v) is 15.5. The first-order valence-corrected chi connectivity index (χ1v) is 9.30. The molecule has 1 aromatic heterocycles. The molecule has 6 heteroatoms. The lowest BCUT2D eigenvalue weighted by Crippen LogP contribution is -2.28. The molecule has 4 rings (SSSR count). The summed E-state index contributed by atoms with van der Waals surface area (Å²) in [6.45, 7) is 1.44. The first kappa shape index (κ1) is 17.0. The lowest BCUT2D eigenvalue weighted by Gasteiger charge is -2.19. The third-order valence-corrected chi connectivity index (χ3v) is 5.55. The van der Waals surface area contributed by atoms with Gasteiger partial charge in [0.2, 0.25) is 5.91 Å². The summed E-state index contributed by atoms with van der Waals surface area (Å²) in [5.41, 5.74) is 1.69. The SMILES string of the molecule is O=C(Nc1cc2cc[nH]c(=O)c2cc1Br)C1CNCC1c1ccccc1. The highest BCUT2D eigenvalue weighted by Crippen LogP contribution is 2.31. The molecule has 1 aliphatic heterocycles. The third-order valence-electron chi connectivity index (χ3n) is 4.90. The van der Waals surface area contributed by atoms with Crippen LogP contribution in [-0.4, -0.2) is 24.0 Å². The minimum Gasteiger partial charge on any atom is -0.329 e. The van der Waals surface area contributed by atoms with Gasteiger partial charge in [0.25, 0.3) is 5.56 Å². The van der Waals surface area contributed by atoms with Crippen LogP contribution in [0.4, 0.5) is 5.69 Å². The lowest BCUT2D eigenvalue weighted by atomic mass is 9.88. The highest BCUT2D eigenvalue weighted by atomic mass is 79.9. The van der Waals surface area contributed by atoms with Crippen molar-refractivity contribution in [1.82, 2.24) is 10.3 Å². The number of carbonyl (C=O) groups excluding carboxylic acids is 1. The molecule has 26 heavy (non-hydrogen) atoms. The molecule has 3 N–H and O–H groups in total. The second-order valence-electron chi connectivity index (χ2n) is 6.50. The van der Waals surface area contributed by atoms with Gasteiger partial charge in [-0.1, -0.05) is 30.3 Å². The monoisotopic (exact) mass is 411 g/mol. The van der Waals surface area contributed by atoms with E-state index in [4.69, 9.17) is 0 Å². The van der Waals surface area contributed by atoms with Crippen molar-refractivity contribution in [2.45, 2.75) is 5.92 Å². The molecular weight excluding hydrogens is 394 g/mol. The third kappa shape index (κ3) is 3.18. The van der Waals surface area contributed by atoms with Gasteiger partial charge in [-0.05, 0) is 45.1 Å². The number of nitrogens with one attached hydrogen (secondary N) is 3. The maximum Gasteiger partial charge on any atom is 0.255 e. The Morgan fingerprint density at radius 1 is 1.12 bits per heavy atom. The van der Waals surface area contributed by atoms with E-state index in [-0.39, 0.29) is 23.3 Å². The molecule has 0 saturated carbocycles. The van der Waals surface area contributed by atoms with Crippen LogP contribution in [0.25, 0.3) is 10.8 Å². The molecule has 2 unspecified atom stereocenters. The van der Waals surface area contributed by atoms with Gasteiger partial charge >= 0.3 is 0 Å². The summed E-state index contributed by atoms with van der Waals surface area (Å²) in [4.78, 5) is 27.5. The van der Waals surface area contributed by atoms with Crippen LogP contribution >= 0.6 is 15.9 Å². The van der Waals surface area contributed by atoms with Crippen molar-refractivity contribution in [3.8, 4) is 0 Å². The fourth-order valence-electron chi connectivity index (χ4n) is 3.54. The van der Waals surface area contributed by atoms with Crippen molar-refractivity contribution in [1.29, 1.82) is 0 Å².